The lowest BCUT2D eigenvalue weighted by atomic mass is 10.2. The van der Waals surface area contributed by atoms with E-state index >= 15 is 0 Å². The number of ether oxygens (including phenoxy) is 2. The maximum atomic E-state index is 5.71. The van der Waals surface area contributed by atoms with Crippen molar-refractivity contribution in [2.45, 2.75) is 6.67 Å². The summed E-state index contributed by atoms with van der Waals surface area (Å²) in [6.07, 6.45) is 4.08. The summed E-state index contributed by atoms with van der Waals surface area (Å²) in [7, 11) is 3.37. The Morgan fingerprint density at radius 1 is 0.759 bits per heavy atom. The van der Waals surface area contributed by atoms with E-state index < -0.39 is 0 Å². The van der Waals surface area contributed by atoms with Crippen LogP contribution in [0.25, 0.3) is 5.69 Å². The van der Waals surface area contributed by atoms with E-state index in [-0.39, 0.29) is 0 Å². The highest BCUT2D eigenvalue weighted by Crippen LogP contribution is 2.21. The van der Waals surface area contributed by atoms with Crippen LogP contribution in [0.5, 0.6) is 11.5 Å². The highest BCUT2D eigenvalue weighted by Gasteiger charge is 2.18. The summed E-state index contributed by atoms with van der Waals surface area (Å²) in [5, 5.41) is 0. The molecule has 3 aromatic rings. The molecular weight excluding hydrogens is 384 g/mol. The smallest absolute Gasteiger partial charge is 0.185 e. The van der Waals surface area contributed by atoms with Gasteiger partial charge in [0, 0.05) is 49.9 Å². The molecule has 0 saturated carbocycles. The van der Waals surface area contributed by atoms with Crippen LogP contribution in [0.15, 0.2) is 60.9 Å². The quantitative estimate of drug-likeness (QED) is 0.578. The zero-order chi connectivity index (χ0) is 20.2. The molecule has 1 aromatic heterocycles. The van der Waals surface area contributed by atoms with Crippen molar-refractivity contribution in [3.63, 3.8) is 0 Å². The van der Waals surface area contributed by atoms with Gasteiger partial charge in [-0.2, -0.15) is 0 Å². The number of piperazine rings is 1. The fourth-order valence-corrected chi connectivity index (χ4v) is 3.90. The van der Waals surface area contributed by atoms with E-state index in [1.54, 1.807) is 14.2 Å². The lowest BCUT2D eigenvalue weighted by Crippen LogP contribution is -2.46. The van der Waals surface area contributed by atoms with Gasteiger partial charge in [-0.3, -0.25) is 9.47 Å². The van der Waals surface area contributed by atoms with Crippen molar-refractivity contribution in [1.82, 2.24) is 14.0 Å². The first-order valence-corrected chi connectivity index (χ1v) is 10.1. The zero-order valence-electron chi connectivity index (χ0n) is 16.8. The molecule has 4 rings (SSSR count). The predicted molar refractivity (Wildman–Crippen MR) is 118 cm³/mol. The van der Waals surface area contributed by atoms with Crippen LogP contribution in [-0.2, 0) is 6.67 Å². The molecule has 0 unspecified atom stereocenters. The zero-order valence-corrected chi connectivity index (χ0v) is 17.6. The normalized spacial score (nSPS) is 14.8. The van der Waals surface area contributed by atoms with Crippen LogP contribution in [0.1, 0.15) is 0 Å². The van der Waals surface area contributed by atoms with Gasteiger partial charge in [-0.15, -0.1) is 0 Å². The molecule has 1 aliphatic heterocycles. The number of benzene rings is 2. The Morgan fingerprint density at radius 2 is 1.31 bits per heavy atom. The Hall–Kier alpha value is -2.77. The molecular formula is C22H26N4O2S. The van der Waals surface area contributed by atoms with Gasteiger partial charge in [-0.05, 0) is 60.7 Å². The summed E-state index contributed by atoms with van der Waals surface area (Å²) in [6.45, 7) is 4.80. The highest BCUT2D eigenvalue weighted by atomic mass is 32.1. The molecule has 1 saturated heterocycles. The summed E-state index contributed by atoms with van der Waals surface area (Å²) in [6, 6.07) is 16.2. The molecule has 6 nitrogen and oxygen atoms in total. The summed E-state index contributed by atoms with van der Waals surface area (Å²) >= 11 is 5.71. The molecule has 0 N–H and O–H groups in total. The van der Waals surface area contributed by atoms with Crippen LogP contribution in [0.2, 0.25) is 0 Å². The lowest BCUT2D eigenvalue weighted by Gasteiger charge is -2.36. The van der Waals surface area contributed by atoms with E-state index in [1.807, 2.05) is 47.2 Å². The fourth-order valence-electron chi connectivity index (χ4n) is 3.62. The first kappa shape index (κ1) is 19.5. The minimum absolute atomic E-state index is 0.799. The Labute approximate surface area is 176 Å². The summed E-state index contributed by atoms with van der Waals surface area (Å²) in [5.41, 5.74) is 2.28. The van der Waals surface area contributed by atoms with Crippen LogP contribution < -0.4 is 14.4 Å². The first-order valence-electron chi connectivity index (χ1n) is 9.71. The molecule has 1 aliphatic rings. The SMILES string of the molecule is COc1ccc(N2CCN(Cn3ccn(-c4ccc(OC)cc4)c3=S)CC2)cc1. The molecule has 0 bridgehead atoms. The first-order chi connectivity index (χ1) is 14.2. The average molecular weight is 411 g/mol. The molecule has 0 atom stereocenters. The second kappa shape index (κ2) is 8.71. The molecule has 152 valence electrons. The van der Waals surface area contributed by atoms with E-state index in [9.17, 15) is 0 Å². The van der Waals surface area contributed by atoms with Gasteiger partial charge < -0.3 is 18.9 Å². The largest absolute Gasteiger partial charge is 0.497 e. The van der Waals surface area contributed by atoms with Crippen molar-refractivity contribution < 1.29 is 9.47 Å². The van der Waals surface area contributed by atoms with Crippen molar-refractivity contribution >= 4 is 17.9 Å². The van der Waals surface area contributed by atoms with Crippen LogP contribution in [-0.4, -0.2) is 54.4 Å². The third kappa shape index (κ3) is 4.31. The Kier molecular flexibility index (Phi) is 5.87. The van der Waals surface area contributed by atoms with E-state index in [1.165, 1.54) is 5.69 Å². The number of anilines is 1. The molecule has 1 fully saturated rings. The predicted octanol–water partition coefficient (Wildman–Crippen LogP) is 3.81. The Morgan fingerprint density at radius 3 is 1.86 bits per heavy atom. The Bertz CT molecular complexity index is 987. The maximum Gasteiger partial charge on any atom is 0.185 e. The second-order valence-electron chi connectivity index (χ2n) is 7.06. The number of aromatic nitrogens is 2. The highest BCUT2D eigenvalue weighted by molar-refractivity contribution is 7.71. The summed E-state index contributed by atoms with van der Waals surface area (Å²) < 4.78 is 15.4. The van der Waals surface area contributed by atoms with Crippen molar-refractivity contribution in [3.8, 4) is 17.2 Å². The van der Waals surface area contributed by atoms with Gasteiger partial charge in [0.1, 0.15) is 11.5 Å². The van der Waals surface area contributed by atoms with Crippen LogP contribution in [0, 0.1) is 4.77 Å². The van der Waals surface area contributed by atoms with Gasteiger partial charge in [-0.25, -0.2) is 0 Å². The van der Waals surface area contributed by atoms with Gasteiger partial charge in [0.05, 0.1) is 20.9 Å². The monoisotopic (exact) mass is 410 g/mol. The van der Waals surface area contributed by atoms with Gasteiger partial charge >= 0.3 is 0 Å². The number of hydrogen-bond acceptors (Lipinski definition) is 5. The van der Waals surface area contributed by atoms with Crippen molar-refractivity contribution in [2.75, 3.05) is 45.3 Å². The van der Waals surface area contributed by atoms with Gasteiger partial charge in [0.2, 0.25) is 0 Å². The van der Waals surface area contributed by atoms with E-state index in [4.69, 9.17) is 21.7 Å². The molecule has 2 heterocycles. The summed E-state index contributed by atoms with van der Waals surface area (Å²) in [4.78, 5) is 4.85. The topological polar surface area (TPSA) is 34.8 Å². The van der Waals surface area contributed by atoms with E-state index in [0.29, 0.717) is 0 Å². The molecule has 0 radical (unpaired) electrons. The molecule has 7 heteroatoms. The van der Waals surface area contributed by atoms with Crippen molar-refractivity contribution in [2.24, 2.45) is 0 Å². The lowest BCUT2D eigenvalue weighted by molar-refractivity contribution is 0.204. The summed E-state index contributed by atoms with van der Waals surface area (Å²) in [5.74, 6) is 1.73. The maximum absolute atomic E-state index is 5.71. The average Bonchev–Trinajstić information content (AvgIpc) is 3.14. The van der Waals surface area contributed by atoms with Gasteiger partial charge in [-0.1, -0.05) is 0 Å². The number of methoxy groups -OCH3 is 2. The Balaban J connectivity index is 1.38. The number of imidazole rings is 1. The van der Waals surface area contributed by atoms with Crippen LogP contribution in [0.3, 0.4) is 0 Å². The van der Waals surface area contributed by atoms with Gasteiger partial charge in [0.15, 0.2) is 4.77 Å². The van der Waals surface area contributed by atoms with Crippen LogP contribution >= 0.6 is 12.2 Å². The van der Waals surface area contributed by atoms with E-state index in [0.717, 1.165) is 54.8 Å². The van der Waals surface area contributed by atoms with E-state index in [2.05, 4.69) is 32.7 Å². The molecule has 0 amide bonds. The number of nitrogens with zero attached hydrogens (tertiary/aromatic N) is 4. The molecule has 29 heavy (non-hydrogen) atoms. The molecule has 0 spiro atoms. The number of rotatable bonds is 6. The number of hydrogen-bond donors (Lipinski definition) is 0. The second-order valence-corrected chi connectivity index (χ2v) is 7.43. The molecule has 0 aliphatic carbocycles. The standard InChI is InChI=1S/C22H26N4O2S/c1-27-20-7-3-18(4-8-20)24-13-11-23(12-14-24)17-25-15-16-26(22(25)29)19-5-9-21(28-2)10-6-19/h3-10,15-16H,11-14,17H2,1-2H3. The van der Waals surface area contributed by atoms with Crippen molar-refractivity contribution in [3.05, 3.63) is 65.7 Å². The van der Waals surface area contributed by atoms with Gasteiger partial charge in [0.25, 0.3) is 0 Å². The fraction of sp³-hybridized carbons (Fsp3) is 0.318. The minimum atomic E-state index is 0.799. The third-order valence-corrected chi connectivity index (χ3v) is 5.79. The third-order valence-electron chi connectivity index (χ3n) is 5.36. The minimum Gasteiger partial charge on any atom is -0.497 e. The molecule has 2 aromatic carbocycles. The van der Waals surface area contributed by atoms with Crippen molar-refractivity contribution in [1.29, 1.82) is 0 Å². The van der Waals surface area contributed by atoms with Crippen LogP contribution in [0.4, 0.5) is 5.69 Å².